The molecule has 1 atom stereocenters. The lowest BCUT2D eigenvalue weighted by Gasteiger charge is -2.29. The van der Waals surface area contributed by atoms with E-state index in [-0.39, 0.29) is 18.6 Å². The summed E-state index contributed by atoms with van der Waals surface area (Å²) >= 11 is 0. The number of anilines is 1. The molecule has 128 valence electrons. The van der Waals surface area contributed by atoms with Crippen LogP contribution < -0.4 is 4.90 Å². The zero-order valence-electron chi connectivity index (χ0n) is 14.0. The van der Waals surface area contributed by atoms with Crippen LogP contribution in [-0.2, 0) is 20.7 Å². The van der Waals surface area contributed by atoms with E-state index in [9.17, 15) is 4.79 Å². The summed E-state index contributed by atoms with van der Waals surface area (Å²) in [5.74, 6) is 0.919. The molecule has 0 radical (unpaired) electrons. The molecule has 2 aromatic rings. The third-order valence-corrected chi connectivity index (χ3v) is 4.81. The number of nitrogens with one attached hydrogen (secondary N) is 1. The van der Waals surface area contributed by atoms with Crippen molar-refractivity contribution in [3.63, 3.8) is 0 Å². The Hall–Kier alpha value is -1.92. The number of hydrogen-bond donors (Lipinski definition) is 1. The number of carbonyl (C=O) groups excluding carboxylic acids is 1. The highest BCUT2D eigenvalue weighted by Crippen LogP contribution is 2.32. The maximum absolute atomic E-state index is 12.6. The van der Waals surface area contributed by atoms with Crippen LogP contribution in [0.4, 0.5) is 5.69 Å². The predicted octanol–water partition coefficient (Wildman–Crippen LogP) is 2.35. The molecule has 4 rings (SSSR count). The number of fused-ring (bicyclic) bond motifs is 3. The molecule has 6 heteroatoms. The zero-order chi connectivity index (χ0) is 16.5. The summed E-state index contributed by atoms with van der Waals surface area (Å²) in [6, 6.07) is 4.03. The fourth-order valence-electron chi connectivity index (χ4n) is 3.67. The summed E-state index contributed by atoms with van der Waals surface area (Å²) in [5, 5.41) is 0. The number of H-pyrrole nitrogens is 1. The van der Waals surface area contributed by atoms with Gasteiger partial charge in [-0.15, -0.1) is 0 Å². The summed E-state index contributed by atoms with van der Waals surface area (Å²) in [7, 11) is 0. The lowest BCUT2D eigenvalue weighted by molar-refractivity contribution is -0.124. The van der Waals surface area contributed by atoms with Gasteiger partial charge < -0.3 is 19.4 Å². The number of hydrogen-bond acceptors (Lipinski definition) is 4. The predicted molar refractivity (Wildman–Crippen MR) is 91.3 cm³/mol. The number of ether oxygens (including phenoxy) is 2. The number of nitrogens with zero attached hydrogens (tertiary/aromatic N) is 2. The average Bonchev–Trinajstić information content (AvgIpc) is 3.22. The maximum Gasteiger partial charge on any atom is 0.252 e. The minimum Gasteiger partial charge on any atom is -0.376 e. The second kappa shape index (κ2) is 6.53. The van der Waals surface area contributed by atoms with Gasteiger partial charge in [0, 0.05) is 24.4 Å². The second-order valence-corrected chi connectivity index (χ2v) is 6.58. The minimum absolute atomic E-state index is 0.0144. The first-order valence-electron chi connectivity index (χ1n) is 8.70. The van der Waals surface area contributed by atoms with Gasteiger partial charge in [0.05, 0.1) is 23.7 Å². The van der Waals surface area contributed by atoms with Crippen molar-refractivity contribution in [3.8, 4) is 0 Å². The lowest BCUT2D eigenvalue weighted by atomic mass is 10.00. The molecule has 1 fully saturated rings. The molecule has 1 aromatic heterocycles. The van der Waals surface area contributed by atoms with E-state index in [1.807, 2.05) is 24.0 Å². The van der Waals surface area contributed by atoms with Gasteiger partial charge in [-0.3, -0.25) is 4.79 Å². The maximum atomic E-state index is 12.6. The zero-order valence-corrected chi connectivity index (χ0v) is 14.0. The van der Waals surface area contributed by atoms with Gasteiger partial charge in [-0.05, 0) is 44.7 Å². The summed E-state index contributed by atoms with van der Waals surface area (Å²) in [6.07, 6.45) is 4.17. The third-order valence-electron chi connectivity index (χ3n) is 4.81. The van der Waals surface area contributed by atoms with Crippen molar-refractivity contribution >= 4 is 22.6 Å². The van der Waals surface area contributed by atoms with Crippen LogP contribution in [0.3, 0.4) is 0 Å². The summed E-state index contributed by atoms with van der Waals surface area (Å²) in [6.45, 7) is 4.11. The van der Waals surface area contributed by atoms with Crippen LogP contribution in [0.5, 0.6) is 0 Å². The van der Waals surface area contributed by atoms with Crippen LogP contribution in [0.2, 0.25) is 0 Å². The van der Waals surface area contributed by atoms with Gasteiger partial charge in [0.1, 0.15) is 12.4 Å². The number of aromatic nitrogens is 2. The Morgan fingerprint density at radius 3 is 3.21 bits per heavy atom. The third kappa shape index (κ3) is 2.91. The topological polar surface area (TPSA) is 67.5 Å². The monoisotopic (exact) mass is 329 g/mol. The molecule has 0 saturated carbocycles. The van der Waals surface area contributed by atoms with Crippen molar-refractivity contribution in [2.45, 2.75) is 38.7 Å². The second-order valence-electron chi connectivity index (χ2n) is 6.58. The van der Waals surface area contributed by atoms with E-state index in [1.54, 1.807) is 0 Å². The quantitative estimate of drug-likeness (QED) is 0.935. The van der Waals surface area contributed by atoms with Gasteiger partial charge >= 0.3 is 0 Å². The molecule has 0 aliphatic carbocycles. The van der Waals surface area contributed by atoms with Crippen LogP contribution in [0.25, 0.3) is 11.0 Å². The van der Waals surface area contributed by atoms with Gasteiger partial charge in [0.15, 0.2) is 0 Å². The summed E-state index contributed by atoms with van der Waals surface area (Å²) < 4.78 is 11.1. The van der Waals surface area contributed by atoms with Crippen LogP contribution in [0, 0.1) is 6.92 Å². The molecule has 1 amide bonds. The normalized spacial score (nSPS) is 20.5. The molecule has 1 unspecified atom stereocenters. The highest BCUT2D eigenvalue weighted by molar-refractivity contribution is 5.98. The Kier molecular flexibility index (Phi) is 4.24. The minimum atomic E-state index is 0.0144. The number of imidazole rings is 1. The van der Waals surface area contributed by atoms with Crippen molar-refractivity contribution in [3.05, 3.63) is 23.5 Å². The van der Waals surface area contributed by atoms with Gasteiger partial charge in [-0.2, -0.15) is 0 Å². The van der Waals surface area contributed by atoms with Crippen molar-refractivity contribution in [1.82, 2.24) is 9.97 Å². The SMILES string of the molecule is Cc1nc2c3c(ccc2[nH]1)N(C(=O)COCC1CCCO1)CCC3. The summed E-state index contributed by atoms with van der Waals surface area (Å²) in [5.41, 5.74) is 4.17. The molecule has 0 spiro atoms. The molecule has 2 aliphatic heterocycles. The van der Waals surface area contributed by atoms with Crippen LogP contribution in [0.15, 0.2) is 12.1 Å². The molecule has 1 N–H and O–H groups in total. The van der Waals surface area contributed by atoms with Gasteiger partial charge in [-0.25, -0.2) is 4.98 Å². The molecular weight excluding hydrogens is 306 g/mol. The molecule has 0 bridgehead atoms. The Morgan fingerprint density at radius 1 is 1.46 bits per heavy atom. The largest absolute Gasteiger partial charge is 0.376 e. The van der Waals surface area contributed by atoms with E-state index in [0.717, 1.165) is 66.9 Å². The first-order chi connectivity index (χ1) is 11.7. The fourth-order valence-corrected chi connectivity index (χ4v) is 3.67. The molecular formula is C18H23N3O3. The molecule has 6 nitrogen and oxygen atoms in total. The Bertz CT molecular complexity index is 749. The van der Waals surface area contributed by atoms with Crippen molar-refractivity contribution in [2.24, 2.45) is 0 Å². The number of rotatable bonds is 4. The summed E-state index contributed by atoms with van der Waals surface area (Å²) in [4.78, 5) is 22.3. The number of aryl methyl sites for hydroxylation is 2. The smallest absolute Gasteiger partial charge is 0.252 e. The molecule has 1 saturated heterocycles. The average molecular weight is 329 g/mol. The van der Waals surface area contributed by atoms with E-state index >= 15 is 0 Å². The Balaban J connectivity index is 1.48. The van der Waals surface area contributed by atoms with E-state index in [0.29, 0.717) is 6.61 Å². The molecule has 3 heterocycles. The van der Waals surface area contributed by atoms with E-state index < -0.39 is 0 Å². The molecule has 1 aromatic carbocycles. The standard InChI is InChI=1S/C18H23N3O3/c1-12-19-15-6-7-16-14(18(15)20-12)5-2-8-21(16)17(22)11-23-10-13-4-3-9-24-13/h6-7,13H,2-5,8-11H2,1H3,(H,19,20). The van der Waals surface area contributed by atoms with Gasteiger partial charge in [-0.1, -0.05) is 0 Å². The Morgan fingerprint density at radius 2 is 2.38 bits per heavy atom. The van der Waals surface area contributed by atoms with Gasteiger partial charge in [0.25, 0.3) is 5.91 Å². The highest BCUT2D eigenvalue weighted by atomic mass is 16.5. The van der Waals surface area contributed by atoms with Crippen molar-refractivity contribution in [2.75, 3.05) is 31.3 Å². The van der Waals surface area contributed by atoms with Crippen LogP contribution in [-0.4, -0.2) is 48.3 Å². The van der Waals surface area contributed by atoms with Crippen LogP contribution >= 0.6 is 0 Å². The van der Waals surface area contributed by atoms with Crippen LogP contribution in [0.1, 0.15) is 30.7 Å². The number of aromatic amines is 1. The van der Waals surface area contributed by atoms with Crippen molar-refractivity contribution < 1.29 is 14.3 Å². The fraction of sp³-hybridized carbons (Fsp3) is 0.556. The number of amides is 1. The van der Waals surface area contributed by atoms with E-state index in [2.05, 4.69) is 9.97 Å². The number of benzene rings is 1. The molecule has 2 aliphatic rings. The lowest BCUT2D eigenvalue weighted by Crippen LogP contribution is -2.38. The van der Waals surface area contributed by atoms with E-state index in [4.69, 9.17) is 9.47 Å². The van der Waals surface area contributed by atoms with Crippen molar-refractivity contribution in [1.29, 1.82) is 0 Å². The van der Waals surface area contributed by atoms with E-state index in [1.165, 1.54) is 0 Å². The number of carbonyl (C=O) groups is 1. The first kappa shape index (κ1) is 15.6. The Labute approximate surface area is 141 Å². The van der Waals surface area contributed by atoms with Gasteiger partial charge in [0.2, 0.25) is 0 Å². The molecule has 24 heavy (non-hydrogen) atoms. The highest BCUT2D eigenvalue weighted by Gasteiger charge is 2.25. The first-order valence-corrected chi connectivity index (χ1v) is 8.70.